The zero-order chi connectivity index (χ0) is 13.2. The highest BCUT2D eigenvalue weighted by molar-refractivity contribution is 7.09. The largest absolute Gasteiger partial charge is 0.368 e. The summed E-state index contributed by atoms with van der Waals surface area (Å²) in [5.41, 5.74) is 1.26. The molecule has 1 aromatic rings. The van der Waals surface area contributed by atoms with Gasteiger partial charge in [-0.3, -0.25) is 0 Å². The lowest BCUT2D eigenvalue weighted by Crippen LogP contribution is -2.37. The molecule has 0 radical (unpaired) electrons. The highest BCUT2D eigenvalue weighted by Gasteiger charge is 2.42. The number of rotatable bonds is 4. The van der Waals surface area contributed by atoms with E-state index in [0.717, 1.165) is 30.2 Å². The smallest absolute Gasteiger partial charge is 0.125 e. The first-order chi connectivity index (χ1) is 8.51. The molecule has 1 aliphatic carbocycles. The Morgan fingerprint density at radius 2 is 2.00 bits per heavy atom. The van der Waals surface area contributed by atoms with Crippen LogP contribution in [0.5, 0.6) is 0 Å². The quantitative estimate of drug-likeness (QED) is 0.748. The molecule has 0 bridgehead atoms. The molecule has 0 spiro atoms. The van der Waals surface area contributed by atoms with Gasteiger partial charge in [0, 0.05) is 12.0 Å². The van der Waals surface area contributed by atoms with Crippen molar-refractivity contribution in [3.63, 3.8) is 0 Å². The maximum atomic E-state index is 6.11. The van der Waals surface area contributed by atoms with Gasteiger partial charge < -0.3 is 4.74 Å². The van der Waals surface area contributed by atoms with Crippen molar-refractivity contribution in [1.29, 1.82) is 0 Å². The third kappa shape index (κ3) is 2.89. The van der Waals surface area contributed by atoms with Gasteiger partial charge >= 0.3 is 0 Å². The van der Waals surface area contributed by atoms with Crippen molar-refractivity contribution >= 4 is 22.9 Å². The first-order valence-electron chi connectivity index (χ1n) is 6.66. The van der Waals surface area contributed by atoms with Crippen LogP contribution in [-0.4, -0.2) is 11.6 Å². The lowest BCUT2D eigenvalue weighted by molar-refractivity contribution is -0.0891. The second kappa shape index (κ2) is 5.48. The molecule has 2 nitrogen and oxygen atoms in total. The SMILES string of the molecule is CCOC1(c2nc(CCl)cs2)CCC(C)(C)CC1. The second-order valence-electron chi connectivity index (χ2n) is 5.87. The summed E-state index contributed by atoms with van der Waals surface area (Å²) in [6.45, 7) is 7.50. The Kier molecular flexibility index (Phi) is 4.35. The van der Waals surface area contributed by atoms with Gasteiger partial charge in [0.25, 0.3) is 0 Å². The van der Waals surface area contributed by atoms with Gasteiger partial charge in [0.1, 0.15) is 10.6 Å². The molecule has 1 heterocycles. The molecule has 1 fully saturated rings. The summed E-state index contributed by atoms with van der Waals surface area (Å²) >= 11 is 7.55. The van der Waals surface area contributed by atoms with E-state index in [1.54, 1.807) is 11.3 Å². The van der Waals surface area contributed by atoms with Crippen LogP contribution in [0, 0.1) is 5.41 Å². The Morgan fingerprint density at radius 3 is 2.50 bits per heavy atom. The minimum atomic E-state index is -0.154. The normalized spacial score (nSPS) is 22.0. The third-order valence-electron chi connectivity index (χ3n) is 3.91. The fraction of sp³-hybridized carbons (Fsp3) is 0.786. The molecule has 102 valence electrons. The Hall–Kier alpha value is -0.120. The maximum absolute atomic E-state index is 6.11. The van der Waals surface area contributed by atoms with Crippen LogP contribution < -0.4 is 0 Å². The lowest BCUT2D eigenvalue weighted by atomic mass is 9.71. The van der Waals surface area contributed by atoms with E-state index >= 15 is 0 Å². The average Bonchev–Trinajstić information content (AvgIpc) is 2.82. The fourth-order valence-corrected chi connectivity index (χ4v) is 3.86. The van der Waals surface area contributed by atoms with Crippen LogP contribution in [0.3, 0.4) is 0 Å². The van der Waals surface area contributed by atoms with Crippen LogP contribution in [0.1, 0.15) is 57.2 Å². The van der Waals surface area contributed by atoms with Crippen molar-refractivity contribution < 1.29 is 4.74 Å². The van der Waals surface area contributed by atoms with Crippen molar-refractivity contribution in [2.24, 2.45) is 5.41 Å². The Morgan fingerprint density at radius 1 is 1.33 bits per heavy atom. The van der Waals surface area contributed by atoms with Crippen molar-refractivity contribution in [3.05, 3.63) is 16.1 Å². The van der Waals surface area contributed by atoms with Gasteiger partial charge in [0.2, 0.25) is 0 Å². The summed E-state index contributed by atoms with van der Waals surface area (Å²) in [6, 6.07) is 0. The summed E-state index contributed by atoms with van der Waals surface area (Å²) in [4.78, 5) is 4.65. The summed E-state index contributed by atoms with van der Waals surface area (Å²) in [7, 11) is 0. The van der Waals surface area contributed by atoms with E-state index in [9.17, 15) is 0 Å². The van der Waals surface area contributed by atoms with Crippen molar-refractivity contribution in [3.8, 4) is 0 Å². The monoisotopic (exact) mass is 287 g/mol. The second-order valence-corrected chi connectivity index (χ2v) is 6.99. The number of ether oxygens (including phenoxy) is 1. The number of nitrogens with zero attached hydrogens (tertiary/aromatic N) is 1. The van der Waals surface area contributed by atoms with Gasteiger partial charge in [0.05, 0.1) is 11.6 Å². The van der Waals surface area contributed by atoms with Gasteiger partial charge in [-0.2, -0.15) is 0 Å². The molecule has 4 heteroatoms. The predicted octanol–water partition coefficient (Wildman–Crippen LogP) is 4.71. The molecule has 0 N–H and O–H groups in total. The van der Waals surface area contributed by atoms with Gasteiger partial charge in [-0.05, 0) is 38.0 Å². The molecular formula is C14H22ClNOS. The molecule has 1 saturated carbocycles. The number of thiazole rings is 1. The summed E-state index contributed by atoms with van der Waals surface area (Å²) in [6.07, 6.45) is 4.54. The van der Waals surface area contributed by atoms with Crippen LogP contribution in [0.4, 0.5) is 0 Å². The molecule has 2 rings (SSSR count). The predicted molar refractivity (Wildman–Crippen MR) is 77.2 cm³/mol. The number of aromatic nitrogens is 1. The molecule has 0 saturated heterocycles. The number of hydrogen-bond donors (Lipinski definition) is 0. The Bertz CT molecular complexity index is 392. The zero-order valence-electron chi connectivity index (χ0n) is 11.5. The van der Waals surface area contributed by atoms with Gasteiger partial charge in [-0.15, -0.1) is 22.9 Å². The molecule has 18 heavy (non-hydrogen) atoms. The molecule has 1 aromatic heterocycles. The highest BCUT2D eigenvalue weighted by atomic mass is 35.5. The fourth-order valence-electron chi connectivity index (χ4n) is 2.60. The molecule has 0 aliphatic heterocycles. The van der Waals surface area contributed by atoms with Crippen LogP contribution >= 0.6 is 22.9 Å². The van der Waals surface area contributed by atoms with Crippen LogP contribution in [-0.2, 0) is 16.2 Å². The molecule has 0 atom stereocenters. The minimum Gasteiger partial charge on any atom is -0.368 e. The number of halogens is 1. The molecule has 0 unspecified atom stereocenters. The Labute approximate surface area is 119 Å². The van der Waals surface area contributed by atoms with E-state index in [1.165, 1.54) is 12.8 Å². The van der Waals surface area contributed by atoms with Crippen LogP contribution in [0.15, 0.2) is 5.38 Å². The molecule has 0 amide bonds. The maximum Gasteiger partial charge on any atom is 0.125 e. The minimum absolute atomic E-state index is 0.154. The first-order valence-corrected chi connectivity index (χ1v) is 8.07. The number of alkyl halides is 1. The van der Waals surface area contributed by atoms with Crippen LogP contribution in [0.2, 0.25) is 0 Å². The van der Waals surface area contributed by atoms with E-state index < -0.39 is 0 Å². The number of hydrogen-bond acceptors (Lipinski definition) is 3. The standard InChI is InChI=1S/C14H22ClNOS/c1-4-17-14(7-5-13(2,3)6-8-14)12-16-11(9-15)10-18-12/h10H,4-9H2,1-3H3. The van der Waals surface area contributed by atoms with E-state index in [1.807, 2.05) is 0 Å². The van der Waals surface area contributed by atoms with E-state index in [4.69, 9.17) is 16.3 Å². The van der Waals surface area contributed by atoms with Gasteiger partial charge in [-0.25, -0.2) is 4.98 Å². The van der Waals surface area contributed by atoms with E-state index in [0.29, 0.717) is 11.3 Å². The van der Waals surface area contributed by atoms with Gasteiger partial charge in [-0.1, -0.05) is 13.8 Å². The van der Waals surface area contributed by atoms with E-state index in [2.05, 4.69) is 31.1 Å². The van der Waals surface area contributed by atoms with Gasteiger partial charge in [0.15, 0.2) is 0 Å². The zero-order valence-corrected chi connectivity index (χ0v) is 13.0. The van der Waals surface area contributed by atoms with Crippen molar-refractivity contribution in [2.45, 2.75) is 57.9 Å². The summed E-state index contributed by atoms with van der Waals surface area (Å²) < 4.78 is 6.11. The molecular weight excluding hydrogens is 266 g/mol. The Balaban J connectivity index is 2.22. The van der Waals surface area contributed by atoms with Crippen molar-refractivity contribution in [1.82, 2.24) is 4.98 Å². The third-order valence-corrected chi connectivity index (χ3v) is 5.26. The highest BCUT2D eigenvalue weighted by Crippen LogP contribution is 2.48. The first kappa shape index (κ1) is 14.3. The lowest BCUT2D eigenvalue weighted by Gasteiger charge is -2.42. The average molecular weight is 288 g/mol. The van der Waals surface area contributed by atoms with Crippen LogP contribution in [0.25, 0.3) is 0 Å². The molecule has 1 aliphatic rings. The van der Waals surface area contributed by atoms with Crippen molar-refractivity contribution in [2.75, 3.05) is 6.61 Å². The summed E-state index contributed by atoms with van der Waals surface area (Å²) in [5, 5.41) is 3.18. The molecule has 0 aromatic carbocycles. The van der Waals surface area contributed by atoms with E-state index in [-0.39, 0.29) is 5.60 Å². The topological polar surface area (TPSA) is 22.1 Å². The summed E-state index contributed by atoms with van der Waals surface area (Å²) in [5.74, 6) is 0.490.